The minimum Gasteiger partial charge on any atom is -0.361 e. The second-order valence-corrected chi connectivity index (χ2v) is 8.39. The zero-order valence-electron chi connectivity index (χ0n) is 18.1. The Balaban J connectivity index is 1.73. The van der Waals surface area contributed by atoms with E-state index in [1.165, 1.54) is 0 Å². The van der Waals surface area contributed by atoms with E-state index in [-0.39, 0.29) is 5.41 Å². The van der Waals surface area contributed by atoms with Crippen molar-refractivity contribution >= 4 is 46.1 Å². The van der Waals surface area contributed by atoms with Gasteiger partial charge in [0.25, 0.3) is 0 Å². The topological polar surface area (TPSA) is 98.6 Å². The van der Waals surface area contributed by atoms with Gasteiger partial charge in [-0.05, 0) is 68.0 Å². The summed E-state index contributed by atoms with van der Waals surface area (Å²) in [5.41, 5.74) is 8.68. The van der Waals surface area contributed by atoms with E-state index < -0.39 is 0 Å². The van der Waals surface area contributed by atoms with Crippen molar-refractivity contribution < 1.29 is 0 Å². The molecule has 0 atom stereocenters. The molecule has 2 rings (SSSR count). The van der Waals surface area contributed by atoms with Crippen LogP contribution >= 0.6 is 24.4 Å². The molecule has 10 heteroatoms. The molecule has 0 aliphatic carbocycles. The SMILES string of the molecule is C/C(=N\NC(=S)NCC(C)(C)CNC(=S)N/N=C(\C)c1ccccn1)c1ccccn1. The molecule has 8 nitrogen and oxygen atoms in total. The third-order valence-corrected chi connectivity index (χ3v) is 4.65. The molecule has 0 aliphatic rings. The molecule has 2 aromatic heterocycles. The second kappa shape index (κ2) is 12.0. The number of hydrogen-bond donors (Lipinski definition) is 4. The van der Waals surface area contributed by atoms with Crippen LogP contribution in [0.3, 0.4) is 0 Å². The van der Waals surface area contributed by atoms with Gasteiger partial charge in [0.2, 0.25) is 0 Å². The molecule has 0 aromatic carbocycles. The largest absolute Gasteiger partial charge is 0.361 e. The average Bonchev–Trinajstić information content (AvgIpc) is 2.79. The lowest BCUT2D eigenvalue weighted by atomic mass is 9.93. The normalized spacial score (nSPS) is 12.1. The summed E-state index contributed by atoms with van der Waals surface area (Å²) in [7, 11) is 0. The van der Waals surface area contributed by atoms with Crippen LogP contribution < -0.4 is 21.5 Å². The highest BCUT2D eigenvalue weighted by Gasteiger charge is 2.18. The van der Waals surface area contributed by atoms with E-state index in [0.29, 0.717) is 23.3 Å². The van der Waals surface area contributed by atoms with Gasteiger partial charge in [0.15, 0.2) is 10.2 Å². The summed E-state index contributed by atoms with van der Waals surface area (Å²) in [5.74, 6) is 0. The van der Waals surface area contributed by atoms with Crippen LogP contribution in [0.25, 0.3) is 0 Å². The standard InChI is InChI=1S/C21H28N8S2/c1-15(17-9-5-7-11-22-17)26-28-19(30)24-13-21(3,4)14-25-20(31)29-27-16(2)18-10-6-8-12-23-18/h5-12H,13-14H2,1-4H3,(H2,24,28,30)(H2,25,29,31)/b26-15+,27-16+. The maximum absolute atomic E-state index is 5.31. The van der Waals surface area contributed by atoms with E-state index in [0.717, 1.165) is 22.8 Å². The lowest BCUT2D eigenvalue weighted by molar-refractivity contribution is 0.359. The van der Waals surface area contributed by atoms with E-state index in [4.69, 9.17) is 24.4 Å². The monoisotopic (exact) mass is 456 g/mol. The third-order valence-electron chi connectivity index (χ3n) is 4.18. The summed E-state index contributed by atoms with van der Waals surface area (Å²) in [4.78, 5) is 8.50. The minimum absolute atomic E-state index is 0.128. The molecule has 0 spiro atoms. The predicted octanol–water partition coefficient (Wildman–Crippen LogP) is 2.58. The third kappa shape index (κ3) is 9.14. The van der Waals surface area contributed by atoms with Crippen molar-refractivity contribution in [2.75, 3.05) is 13.1 Å². The number of pyridine rings is 2. The molecule has 2 aromatic rings. The van der Waals surface area contributed by atoms with Crippen LogP contribution in [-0.4, -0.2) is 44.7 Å². The fraction of sp³-hybridized carbons (Fsp3) is 0.333. The maximum Gasteiger partial charge on any atom is 0.186 e. The smallest absolute Gasteiger partial charge is 0.186 e. The molecule has 0 radical (unpaired) electrons. The van der Waals surface area contributed by atoms with Gasteiger partial charge in [0.1, 0.15) is 0 Å². The molecule has 0 bridgehead atoms. The summed E-state index contributed by atoms with van der Waals surface area (Å²) in [6.07, 6.45) is 3.45. The Morgan fingerprint density at radius 2 is 1.23 bits per heavy atom. The number of thiocarbonyl (C=S) groups is 2. The molecule has 4 N–H and O–H groups in total. The van der Waals surface area contributed by atoms with Gasteiger partial charge in [-0.3, -0.25) is 20.8 Å². The van der Waals surface area contributed by atoms with Crippen molar-refractivity contribution in [1.82, 2.24) is 31.5 Å². The van der Waals surface area contributed by atoms with Crippen molar-refractivity contribution in [3.63, 3.8) is 0 Å². The van der Waals surface area contributed by atoms with E-state index in [2.05, 4.69) is 55.5 Å². The summed E-state index contributed by atoms with van der Waals surface area (Å²) < 4.78 is 0. The summed E-state index contributed by atoms with van der Waals surface area (Å²) >= 11 is 10.6. The highest BCUT2D eigenvalue weighted by Crippen LogP contribution is 2.11. The lowest BCUT2D eigenvalue weighted by Gasteiger charge is -2.26. The van der Waals surface area contributed by atoms with Crippen LogP contribution in [0, 0.1) is 5.41 Å². The first-order valence-electron chi connectivity index (χ1n) is 9.76. The number of nitrogens with one attached hydrogen (secondary N) is 4. The summed E-state index contributed by atoms with van der Waals surface area (Å²) in [6.45, 7) is 9.20. The molecule has 164 valence electrons. The number of rotatable bonds is 8. The van der Waals surface area contributed by atoms with Crippen LogP contribution in [-0.2, 0) is 0 Å². The number of aromatic nitrogens is 2. The van der Waals surface area contributed by atoms with Gasteiger partial charge >= 0.3 is 0 Å². The second-order valence-electron chi connectivity index (χ2n) is 7.58. The van der Waals surface area contributed by atoms with Gasteiger partial charge in [0, 0.05) is 25.5 Å². The fourth-order valence-electron chi connectivity index (χ4n) is 2.32. The Morgan fingerprint density at radius 3 is 1.58 bits per heavy atom. The van der Waals surface area contributed by atoms with Gasteiger partial charge < -0.3 is 10.6 Å². The van der Waals surface area contributed by atoms with E-state index >= 15 is 0 Å². The molecule has 0 fully saturated rings. The zero-order valence-corrected chi connectivity index (χ0v) is 19.8. The maximum atomic E-state index is 5.31. The van der Waals surface area contributed by atoms with Crippen LogP contribution in [0.4, 0.5) is 0 Å². The molecule has 0 saturated heterocycles. The number of hydrogen-bond acceptors (Lipinski definition) is 6. The Hall–Kier alpha value is -2.98. The molecule has 0 saturated carbocycles. The average molecular weight is 457 g/mol. The molecule has 31 heavy (non-hydrogen) atoms. The van der Waals surface area contributed by atoms with Gasteiger partial charge in [-0.2, -0.15) is 10.2 Å². The minimum atomic E-state index is -0.128. The lowest BCUT2D eigenvalue weighted by Crippen LogP contribution is -2.45. The number of hydrazone groups is 2. The molecule has 2 heterocycles. The Morgan fingerprint density at radius 1 is 0.806 bits per heavy atom. The highest BCUT2D eigenvalue weighted by atomic mass is 32.1. The molecule has 0 unspecified atom stereocenters. The van der Waals surface area contributed by atoms with Crippen molar-refractivity contribution in [3.05, 3.63) is 60.2 Å². The molecular formula is C21H28N8S2. The first kappa shape index (κ1) is 24.3. The Labute approximate surface area is 194 Å². The van der Waals surface area contributed by atoms with Crippen molar-refractivity contribution in [2.45, 2.75) is 27.7 Å². The Kier molecular flexibility index (Phi) is 9.41. The van der Waals surface area contributed by atoms with Gasteiger partial charge in [-0.1, -0.05) is 26.0 Å². The van der Waals surface area contributed by atoms with Crippen LogP contribution in [0.15, 0.2) is 59.0 Å². The van der Waals surface area contributed by atoms with Crippen LogP contribution in [0.1, 0.15) is 39.1 Å². The molecule has 0 aliphatic heterocycles. The molecular weight excluding hydrogens is 428 g/mol. The van der Waals surface area contributed by atoms with E-state index in [9.17, 15) is 0 Å². The summed E-state index contributed by atoms with van der Waals surface area (Å²) in [6, 6.07) is 11.3. The van der Waals surface area contributed by atoms with Crippen molar-refractivity contribution in [3.8, 4) is 0 Å². The van der Waals surface area contributed by atoms with E-state index in [1.807, 2.05) is 50.2 Å². The van der Waals surface area contributed by atoms with Crippen LogP contribution in [0.2, 0.25) is 0 Å². The fourth-order valence-corrected chi connectivity index (χ4v) is 2.55. The first-order valence-corrected chi connectivity index (χ1v) is 10.6. The van der Waals surface area contributed by atoms with Crippen molar-refractivity contribution in [1.29, 1.82) is 0 Å². The van der Waals surface area contributed by atoms with E-state index in [1.54, 1.807) is 12.4 Å². The zero-order chi connectivity index (χ0) is 22.7. The molecule has 0 amide bonds. The van der Waals surface area contributed by atoms with Crippen molar-refractivity contribution in [2.24, 2.45) is 15.6 Å². The number of nitrogens with zero attached hydrogens (tertiary/aromatic N) is 4. The van der Waals surface area contributed by atoms with Gasteiger partial charge in [-0.15, -0.1) is 0 Å². The predicted molar refractivity (Wildman–Crippen MR) is 134 cm³/mol. The quantitative estimate of drug-likeness (QED) is 0.273. The Bertz CT molecular complexity index is 851. The van der Waals surface area contributed by atoms with Gasteiger partial charge in [-0.25, -0.2) is 0 Å². The summed E-state index contributed by atoms with van der Waals surface area (Å²) in [5, 5.41) is 15.8. The van der Waals surface area contributed by atoms with Gasteiger partial charge in [0.05, 0.1) is 22.8 Å². The highest BCUT2D eigenvalue weighted by molar-refractivity contribution is 7.80. The first-order chi connectivity index (χ1) is 14.8. The van der Waals surface area contributed by atoms with Crippen LogP contribution in [0.5, 0.6) is 0 Å².